The molecule has 4 rings (SSSR count). The van der Waals surface area contributed by atoms with Crippen LogP contribution in [-0.2, 0) is 13.0 Å². The van der Waals surface area contributed by atoms with E-state index in [0.29, 0.717) is 0 Å². The summed E-state index contributed by atoms with van der Waals surface area (Å²) in [7, 11) is 2.03. The van der Waals surface area contributed by atoms with Crippen molar-refractivity contribution in [2.75, 3.05) is 23.4 Å². The van der Waals surface area contributed by atoms with Gasteiger partial charge in [0.25, 0.3) is 0 Å². The second-order valence-electron chi connectivity index (χ2n) is 6.07. The number of para-hydroxylation sites is 1. The van der Waals surface area contributed by atoms with Gasteiger partial charge in [0.15, 0.2) is 0 Å². The molecule has 0 fully saturated rings. The van der Waals surface area contributed by atoms with Crippen molar-refractivity contribution in [2.24, 2.45) is 0 Å². The van der Waals surface area contributed by atoms with Crippen molar-refractivity contribution in [2.45, 2.75) is 13.0 Å². The van der Waals surface area contributed by atoms with Crippen LogP contribution in [-0.4, -0.2) is 23.6 Å². The molecule has 0 saturated carbocycles. The minimum atomic E-state index is 0.904. The van der Waals surface area contributed by atoms with Crippen molar-refractivity contribution >= 4 is 17.3 Å². The predicted molar refractivity (Wildman–Crippen MR) is 97.7 cm³/mol. The first-order valence-electron chi connectivity index (χ1n) is 8.24. The van der Waals surface area contributed by atoms with Crippen molar-refractivity contribution < 1.29 is 0 Å². The lowest BCUT2D eigenvalue weighted by atomic mass is 10.00. The van der Waals surface area contributed by atoms with Gasteiger partial charge in [-0.05, 0) is 29.7 Å². The number of nitrogens with zero attached hydrogens (tertiary/aromatic N) is 4. The smallest absolute Gasteiger partial charge is 0.138 e. The first-order valence-corrected chi connectivity index (χ1v) is 8.24. The van der Waals surface area contributed by atoms with Crippen molar-refractivity contribution in [3.63, 3.8) is 0 Å². The predicted octanol–water partition coefficient (Wildman–Crippen LogP) is 3.81. The summed E-state index contributed by atoms with van der Waals surface area (Å²) in [6.07, 6.45) is 2.72. The van der Waals surface area contributed by atoms with Gasteiger partial charge in [-0.15, -0.1) is 0 Å². The molecule has 0 atom stereocenters. The maximum atomic E-state index is 4.50. The van der Waals surface area contributed by atoms with E-state index in [0.717, 1.165) is 36.8 Å². The quantitative estimate of drug-likeness (QED) is 0.735. The molecule has 2 heterocycles. The zero-order valence-electron chi connectivity index (χ0n) is 13.8. The van der Waals surface area contributed by atoms with Crippen LogP contribution in [0.15, 0.2) is 67.0 Å². The molecule has 0 bridgehead atoms. The van der Waals surface area contributed by atoms with E-state index in [-0.39, 0.29) is 0 Å². The molecule has 1 aliphatic heterocycles. The Morgan fingerprint density at radius 3 is 2.50 bits per heavy atom. The van der Waals surface area contributed by atoms with Crippen LogP contribution in [0, 0.1) is 0 Å². The van der Waals surface area contributed by atoms with Gasteiger partial charge in [0.1, 0.15) is 18.0 Å². The summed E-state index contributed by atoms with van der Waals surface area (Å²) in [6, 6.07) is 21.0. The van der Waals surface area contributed by atoms with Crippen LogP contribution in [0.1, 0.15) is 11.1 Å². The highest BCUT2D eigenvalue weighted by atomic mass is 15.2. The molecule has 0 N–H and O–H groups in total. The zero-order valence-corrected chi connectivity index (χ0v) is 13.8. The normalized spacial score (nSPS) is 13.5. The molecule has 4 heteroatoms. The summed E-state index contributed by atoms with van der Waals surface area (Å²) in [5.74, 6) is 1.89. The Hall–Kier alpha value is -2.88. The first-order chi connectivity index (χ1) is 11.8. The Kier molecular flexibility index (Phi) is 3.87. The molecule has 120 valence electrons. The van der Waals surface area contributed by atoms with E-state index in [1.165, 1.54) is 11.1 Å². The van der Waals surface area contributed by atoms with Crippen LogP contribution >= 0.6 is 0 Å². The summed E-state index contributed by atoms with van der Waals surface area (Å²) in [5.41, 5.74) is 3.95. The van der Waals surface area contributed by atoms with Crippen molar-refractivity contribution in [1.29, 1.82) is 0 Å². The molecule has 1 aromatic heterocycles. The van der Waals surface area contributed by atoms with Crippen LogP contribution < -0.4 is 9.80 Å². The van der Waals surface area contributed by atoms with E-state index in [1.54, 1.807) is 6.33 Å². The lowest BCUT2D eigenvalue weighted by molar-refractivity contribution is 0.719. The van der Waals surface area contributed by atoms with Crippen LogP contribution in [0.5, 0.6) is 0 Å². The second-order valence-corrected chi connectivity index (χ2v) is 6.07. The highest BCUT2D eigenvalue weighted by Crippen LogP contribution is 2.27. The zero-order chi connectivity index (χ0) is 16.4. The summed E-state index contributed by atoms with van der Waals surface area (Å²) < 4.78 is 0. The molecule has 24 heavy (non-hydrogen) atoms. The topological polar surface area (TPSA) is 32.3 Å². The molecule has 0 aliphatic carbocycles. The Bertz CT molecular complexity index is 832. The SMILES string of the molecule is CN(c1ccccc1)c1cc(N2CCc3ccccc3C2)ncn1. The van der Waals surface area contributed by atoms with Crippen molar-refractivity contribution in [3.05, 3.63) is 78.1 Å². The van der Waals surface area contributed by atoms with Gasteiger partial charge in [-0.3, -0.25) is 0 Å². The van der Waals surface area contributed by atoms with Gasteiger partial charge in [-0.1, -0.05) is 42.5 Å². The number of aromatic nitrogens is 2. The Labute approximate surface area is 142 Å². The van der Waals surface area contributed by atoms with E-state index in [4.69, 9.17) is 0 Å². The fourth-order valence-corrected chi connectivity index (χ4v) is 3.17. The van der Waals surface area contributed by atoms with Gasteiger partial charge in [0.2, 0.25) is 0 Å². The molecule has 0 unspecified atom stereocenters. The maximum Gasteiger partial charge on any atom is 0.138 e. The molecule has 0 amide bonds. The summed E-state index contributed by atoms with van der Waals surface area (Å²) in [5, 5.41) is 0. The first kappa shape index (κ1) is 14.7. The molecule has 4 nitrogen and oxygen atoms in total. The number of anilines is 3. The van der Waals surface area contributed by atoms with Gasteiger partial charge < -0.3 is 9.80 Å². The van der Waals surface area contributed by atoms with E-state index < -0.39 is 0 Å². The standard InChI is InChI=1S/C20H20N4/c1-23(18-9-3-2-4-10-18)19-13-20(22-15-21-19)24-12-11-16-7-5-6-8-17(16)14-24/h2-10,13,15H,11-12,14H2,1H3. The number of rotatable bonds is 3. The number of benzene rings is 2. The average Bonchev–Trinajstić information content (AvgIpc) is 2.68. The maximum absolute atomic E-state index is 4.50. The minimum absolute atomic E-state index is 0.904. The highest BCUT2D eigenvalue weighted by molar-refractivity contribution is 5.62. The largest absolute Gasteiger partial charge is 0.352 e. The van der Waals surface area contributed by atoms with Gasteiger partial charge in [-0.2, -0.15) is 0 Å². The van der Waals surface area contributed by atoms with Crippen LogP contribution in [0.25, 0.3) is 0 Å². The van der Waals surface area contributed by atoms with Gasteiger partial charge in [-0.25, -0.2) is 9.97 Å². The molecular weight excluding hydrogens is 296 g/mol. The van der Waals surface area contributed by atoms with E-state index in [2.05, 4.69) is 62.2 Å². The average molecular weight is 316 g/mol. The third-order valence-corrected chi connectivity index (χ3v) is 4.58. The van der Waals surface area contributed by atoms with Crippen LogP contribution in [0.4, 0.5) is 17.3 Å². The number of hydrogen-bond acceptors (Lipinski definition) is 4. The van der Waals surface area contributed by atoms with Crippen molar-refractivity contribution in [3.8, 4) is 0 Å². The lowest BCUT2D eigenvalue weighted by Gasteiger charge is -2.30. The van der Waals surface area contributed by atoms with Crippen LogP contribution in [0.2, 0.25) is 0 Å². The number of hydrogen-bond donors (Lipinski definition) is 0. The van der Waals surface area contributed by atoms with E-state index in [1.807, 2.05) is 25.2 Å². The molecule has 0 saturated heterocycles. The molecule has 2 aromatic carbocycles. The Morgan fingerprint density at radius 1 is 0.917 bits per heavy atom. The van der Waals surface area contributed by atoms with Crippen LogP contribution in [0.3, 0.4) is 0 Å². The molecule has 1 aliphatic rings. The Morgan fingerprint density at radius 2 is 1.67 bits per heavy atom. The summed E-state index contributed by atoms with van der Waals surface area (Å²) >= 11 is 0. The molecule has 0 radical (unpaired) electrons. The summed E-state index contributed by atoms with van der Waals surface area (Å²) in [6.45, 7) is 1.89. The van der Waals surface area contributed by atoms with Gasteiger partial charge >= 0.3 is 0 Å². The third-order valence-electron chi connectivity index (χ3n) is 4.58. The van der Waals surface area contributed by atoms with Gasteiger partial charge in [0.05, 0.1) is 0 Å². The van der Waals surface area contributed by atoms with E-state index in [9.17, 15) is 0 Å². The lowest BCUT2D eigenvalue weighted by Crippen LogP contribution is -2.31. The number of fused-ring (bicyclic) bond motifs is 1. The molecular formula is C20H20N4. The van der Waals surface area contributed by atoms with E-state index >= 15 is 0 Å². The Balaban J connectivity index is 1.60. The fourth-order valence-electron chi connectivity index (χ4n) is 3.17. The second kappa shape index (κ2) is 6.32. The molecule has 0 spiro atoms. The minimum Gasteiger partial charge on any atom is -0.352 e. The monoisotopic (exact) mass is 316 g/mol. The summed E-state index contributed by atoms with van der Waals surface area (Å²) in [4.78, 5) is 13.4. The highest BCUT2D eigenvalue weighted by Gasteiger charge is 2.18. The van der Waals surface area contributed by atoms with Crippen molar-refractivity contribution in [1.82, 2.24) is 9.97 Å². The third kappa shape index (κ3) is 2.83. The van der Waals surface area contributed by atoms with Gasteiger partial charge in [0, 0.05) is 31.9 Å². The molecule has 3 aromatic rings. The fraction of sp³-hybridized carbons (Fsp3) is 0.200.